The fourth-order valence-corrected chi connectivity index (χ4v) is 1.68. The van der Waals surface area contributed by atoms with Gasteiger partial charge in [0.2, 0.25) is 0 Å². The molecule has 1 unspecified atom stereocenters. The molecule has 0 saturated heterocycles. The van der Waals surface area contributed by atoms with E-state index in [1.54, 1.807) is 12.1 Å². The van der Waals surface area contributed by atoms with Crippen molar-refractivity contribution in [3.63, 3.8) is 0 Å². The Balaban J connectivity index is 3.07. The molecule has 0 saturated carbocycles. The topological polar surface area (TPSA) is 20.2 Å². The molecule has 0 spiro atoms. The molecule has 1 N–H and O–H groups in total. The first kappa shape index (κ1) is 11.5. The summed E-state index contributed by atoms with van der Waals surface area (Å²) in [6, 6.07) is 4.70. The SMILES string of the molecule is OC(c1cccc(I)c1F)C(Cl)Cl. The summed E-state index contributed by atoms with van der Waals surface area (Å²) >= 11 is 12.7. The maximum Gasteiger partial charge on any atom is 0.142 e. The molecule has 1 aromatic carbocycles. The molecule has 0 amide bonds. The van der Waals surface area contributed by atoms with Crippen molar-refractivity contribution in [3.8, 4) is 0 Å². The highest BCUT2D eigenvalue weighted by Gasteiger charge is 2.20. The van der Waals surface area contributed by atoms with Gasteiger partial charge in [-0.15, -0.1) is 23.2 Å². The van der Waals surface area contributed by atoms with Crippen LogP contribution in [0, 0.1) is 9.39 Å². The summed E-state index contributed by atoms with van der Waals surface area (Å²) in [5.74, 6) is -0.470. The number of halogens is 4. The molecule has 0 bridgehead atoms. The molecule has 13 heavy (non-hydrogen) atoms. The molecule has 1 nitrogen and oxygen atoms in total. The van der Waals surface area contributed by atoms with E-state index in [0.29, 0.717) is 3.57 Å². The summed E-state index contributed by atoms with van der Waals surface area (Å²) in [7, 11) is 0. The van der Waals surface area contributed by atoms with Gasteiger partial charge in [-0.1, -0.05) is 12.1 Å². The van der Waals surface area contributed by atoms with Gasteiger partial charge in [-0.3, -0.25) is 0 Å². The third kappa shape index (κ3) is 2.68. The van der Waals surface area contributed by atoms with Crippen molar-refractivity contribution >= 4 is 45.8 Å². The summed E-state index contributed by atoms with van der Waals surface area (Å²) in [4.78, 5) is -1.02. The van der Waals surface area contributed by atoms with Crippen molar-refractivity contribution < 1.29 is 9.50 Å². The minimum atomic E-state index is -1.18. The Bertz CT molecular complexity index is 306. The van der Waals surface area contributed by atoms with Gasteiger partial charge in [-0.2, -0.15) is 0 Å². The van der Waals surface area contributed by atoms with Gasteiger partial charge in [0.1, 0.15) is 16.8 Å². The largest absolute Gasteiger partial charge is 0.385 e. The predicted octanol–water partition coefficient (Wildman–Crippen LogP) is 3.27. The number of alkyl halides is 2. The van der Waals surface area contributed by atoms with Gasteiger partial charge in [-0.25, -0.2) is 4.39 Å². The molecule has 0 aliphatic rings. The Hall–Kier alpha value is 0.420. The lowest BCUT2D eigenvalue weighted by Gasteiger charge is -2.12. The number of benzene rings is 1. The zero-order valence-corrected chi connectivity index (χ0v) is 10.0. The van der Waals surface area contributed by atoms with E-state index in [2.05, 4.69) is 0 Å². The molecule has 1 rings (SSSR count). The van der Waals surface area contributed by atoms with Gasteiger partial charge in [-0.05, 0) is 28.7 Å². The van der Waals surface area contributed by atoms with E-state index < -0.39 is 16.8 Å². The number of aliphatic hydroxyl groups excluding tert-OH is 1. The van der Waals surface area contributed by atoms with Crippen LogP contribution in [-0.2, 0) is 0 Å². The van der Waals surface area contributed by atoms with E-state index in [9.17, 15) is 9.50 Å². The van der Waals surface area contributed by atoms with E-state index in [4.69, 9.17) is 23.2 Å². The van der Waals surface area contributed by atoms with Crippen molar-refractivity contribution in [2.45, 2.75) is 10.9 Å². The van der Waals surface area contributed by atoms with Gasteiger partial charge >= 0.3 is 0 Å². The second-order valence-corrected chi connectivity index (χ2v) is 4.75. The lowest BCUT2D eigenvalue weighted by Crippen LogP contribution is -2.08. The third-order valence-corrected chi connectivity index (χ3v) is 2.85. The number of aliphatic hydroxyl groups is 1. The van der Waals surface area contributed by atoms with Crippen molar-refractivity contribution in [1.82, 2.24) is 0 Å². The summed E-state index contributed by atoms with van der Waals surface area (Å²) in [6.07, 6.45) is -1.18. The zero-order valence-electron chi connectivity index (χ0n) is 6.35. The molecule has 1 atom stereocenters. The fourth-order valence-electron chi connectivity index (χ4n) is 0.885. The maximum absolute atomic E-state index is 13.3. The lowest BCUT2D eigenvalue weighted by molar-refractivity contribution is 0.187. The molecular formula is C8H6Cl2FIO. The first-order valence-corrected chi connectivity index (χ1v) is 5.39. The van der Waals surface area contributed by atoms with E-state index in [0.717, 1.165) is 0 Å². The molecule has 0 radical (unpaired) electrons. The summed E-state index contributed by atoms with van der Waals surface area (Å²) in [6.45, 7) is 0. The van der Waals surface area contributed by atoms with Crippen LogP contribution >= 0.6 is 45.8 Å². The van der Waals surface area contributed by atoms with E-state index in [1.807, 2.05) is 22.6 Å². The van der Waals surface area contributed by atoms with Crippen LogP contribution in [0.1, 0.15) is 11.7 Å². The first-order valence-electron chi connectivity index (χ1n) is 3.44. The molecule has 0 aromatic heterocycles. The average Bonchev–Trinajstić information content (AvgIpc) is 2.08. The van der Waals surface area contributed by atoms with Gasteiger partial charge in [0.25, 0.3) is 0 Å². The van der Waals surface area contributed by atoms with Crippen LogP contribution in [0.5, 0.6) is 0 Å². The molecule has 72 valence electrons. The molecular weight excluding hydrogens is 329 g/mol. The third-order valence-electron chi connectivity index (χ3n) is 1.54. The second kappa shape index (κ2) is 4.77. The highest BCUT2D eigenvalue weighted by Crippen LogP contribution is 2.27. The van der Waals surface area contributed by atoms with Crippen molar-refractivity contribution in [3.05, 3.63) is 33.1 Å². The molecule has 0 aliphatic heterocycles. The van der Waals surface area contributed by atoms with E-state index >= 15 is 0 Å². The average molecular weight is 335 g/mol. The van der Waals surface area contributed by atoms with Crippen LogP contribution in [0.15, 0.2) is 18.2 Å². The lowest BCUT2D eigenvalue weighted by atomic mass is 10.1. The molecule has 0 fully saturated rings. The fraction of sp³-hybridized carbons (Fsp3) is 0.250. The zero-order chi connectivity index (χ0) is 10.0. The van der Waals surface area contributed by atoms with Gasteiger partial charge in [0.05, 0.1) is 0 Å². The van der Waals surface area contributed by atoms with Crippen LogP contribution in [-0.4, -0.2) is 9.94 Å². The predicted molar refractivity (Wildman–Crippen MR) is 59.6 cm³/mol. The Kier molecular flexibility index (Phi) is 4.22. The summed E-state index contributed by atoms with van der Waals surface area (Å²) in [5, 5.41) is 9.40. The quantitative estimate of drug-likeness (QED) is 0.650. The van der Waals surface area contributed by atoms with Crippen LogP contribution in [0.25, 0.3) is 0 Å². The van der Waals surface area contributed by atoms with Crippen molar-refractivity contribution in [1.29, 1.82) is 0 Å². The highest BCUT2D eigenvalue weighted by molar-refractivity contribution is 14.1. The Labute approximate surface area is 99.0 Å². The number of rotatable bonds is 2. The minimum absolute atomic E-state index is 0.127. The smallest absolute Gasteiger partial charge is 0.142 e. The van der Waals surface area contributed by atoms with E-state index in [-0.39, 0.29) is 5.56 Å². The van der Waals surface area contributed by atoms with Crippen LogP contribution in [0.4, 0.5) is 4.39 Å². The van der Waals surface area contributed by atoms with E-state index in [1.165, 1.54) is 6.07 Å². The molecule has 5 heteroatoms. The van der Waals surface area contributed by atoms with Gasteiger partial charge in [0.15, 0.2) is 0 Å². The molecule has 0 aliphatic carbocycles. The van der Waals surface area contributed by atoms with Crippen LogP contribution in [0.2, 0.25) is 0 Å². The number of hydrogen-bond donors (Lipinski definition) is 1. The van der Waals surface area contributed by atoms with Crippen LogP contribution in [0.3, 0.4) is 0 Å². The highest BCUT2D eigenvalue weighted by atomic mass is 127. The normalized spacial score (nSPS) is 13.4. The maximum atomic E-state index is 13.3. The van der Waals surface area contributed by atoms with Gasteiger partial charge in [0, 0.05) is 9.13 Å². The molecule has 1 aromatic rings. The summed E-state index contributed by atoms with van der Waals surface area (Å²) < 4.78 is 13.8. The Morgan fingerprint density at radius 3 is 2.54 bits per heavy atom. The summed E-state index contributed by atoms with van der Waals surface area (Å²) in [5.41, 5.74) is 0.127. The Morgan fingerprint density at radius 2 is 2.00 bits per heavy atom. The standard InChI is InChI=1S/C8H6Cl2FIO/c9-8(10)7(13)4-2-1-3-5(12)6(4)11/h1-3,7-8,13H. The Morgan fingerprint density at radius 1 is 1.38 bits per heavy atom. The van der Waals surface area contributed by atoms with Crippen LogP contribution < -0.4 is 0 Å². The van der Waals surface area contributed by atoms with Crippen molar-refractivity contribution in [2.24, 2.45) is 0 Å². The minimum Gasteiger partial charge on any atom is -0.385 e. The first-order chi connectivity index (χ1) is 6.04. The van der Waals surface area contributed by atoms with Crippen molar-refractivity contribution in [2.75, 3.05) is 0 Å². The second-order valence-electron chi connectivity index (χ2n) is 2.42. The monoisotopic (exact) mass is 334 g/mol. The number of hydrogen-bond acceptors (Lipinski definition) is 1. The molecule has 0 heterocycles. The van der Waals surface area contributed by atoms with Gasteiger partial charge < -0.3 is 5.11 Å².